The molecule has 0 unspecified atom stereocenters. The summed E-state index contributed by atoms with van der Waals surface area (Å²) in [6.45, 7) is 11.9. The molecule has 7 heteroatoms. The van der Waals surface area contributed by atoms with Crippen molar-refractivity contribution >= 4 is 22.7 Å². The standard InChI is InChI=1S/C23H29F2N5/c1-6-18(13-16(4)17(5)27-15(2)3)20-9-12-30-21(20)14-26-22(29-30)28-19-7-10-23(24,25)11-8-19/h6,9,12-14,19H,1,7-8,10-11H2,2-5H3,(H,28,29)/b17-16+,18-13+. The Morgan fingerprint density at radius 3 is 2.60 bits per heavy atom. The molecule has 1 saturated carbocycles. The summed E-state index contributed by atoms with van der Waals surface area (Å²) >= 11 is 0. The van der Waals surface area contributed by atoms with Crippen LogP contribution in [0.4, 0.5) is 14.7 Å². The Kier molecular flexibility index (Phi) is 6.48. The number of hydrogen-bond donors (Lipinski definition) is 1. The third-order valence-corrected chi connectivity index (χ3v) is 5.33. The van der Waals surface area contributed by atoms with Crippen LogP contribution in [0, 0.1) is 0 Å². The number of allylic oxidation sites excluding steroid dienone is 5. The Hall–Kier alpha value is -2.83. The van der Waals surface area contributed by atoms with Crippen LogP contribution in [0.15, 0.2) is 53.5 Å². The minimum atomic E-state index is -2.54. The molecule has 0 spiro atoms. The van der Waals surface area contributed by atoms with E-state index in [0.29, 0.717) is 18.8 Å². The largest absolute Gasteiger partial charge is 0.350 e. The summed E-state index contributed by atoms with van der Waals surface area (Å²) in [6.07, 6.45) is 8.12. The van der Waals surface area contributed by atoms with Crippen LogP contribution in [0.1, 0.15) is 58.9 Å². The number of fused-ring (bicyclic) bond motifs is 1. The van der Waals surface area contributed by atoms with Crippen molar-refractivity contribution in [1.29, 1.82) is 0 Å². The van der Waals surface area contributed by atoms with Crippen molar-refractivity contribution in [3.05, 3.63) is 54.0 Å². The average molecular weight is 414 g/mol. The molecule has 160 valence electrons. The smallest absolute Gasteiger partial charge is 0.248 e. The first-order valence-electron chi connectivity index (χ1n) is 10.2. The van der Waals surface area contributed by atoms with Crippen molar-refractivity contribution in [2.45, 2.75) is 65.3 Å². The highest BCUT2D eigenvalue weighted by Gasteiger charge is 2.35. The molecule has 0 radical (unpaired) electrons. The van der Waals surface area contributed by atoms with Crippen LogP contribution in [0.25, 0.3) is 11.1 Å². The minimum Gasteiger partial charge on any atom is -0.350 e. The van der Waals surface area contributed by atoms with E-state index in [1.807, 2.05) is 46.0 Å². The molecular formula is C23H29F2N5. The topological polar surface area (TPSA) is 54.6 Å². The van der Waals surface area contributed by atoms with Crippen LogP contribution in [0.2, 0.25) is 0 Å². The molecular weight excluding hydrogens is 384 g/mol. The summed E-state index contributed by atoms with van der Waals surface area (Å²) in [5.41, 5.74) is 5.79. The van der Waals surface area contributed by atoms with Gasteiger partial charge in [0, 0.05) is 42.1 Å². The normalized spacial score (nSPS) is 18.1. The highest BCUT2D eigenvalue weighted by atomic mass is 19.3. The molecule has 30 heavy (non-hydrogen) atoms. The summed E-state index contributed by atoms with van der Waals surface area (Å²) in [6, 6.07) is 1.94. The number of halogens is 2. The van der Waals surface area contributed by atoms with Gasteiger partial charge in [-0.15, -0.1) is 5.10 Å². The molecule has 0 bridgehead atoms. The highest BCUT2D eigenvalue weighted by Crippen LogP contribution is 2.34. The van der Waals surface area contributed by atoms with Crippen LogP contribution in [-0.2, 0) is 0 Å². The number of hydrogen-bond acceptors (Lipinski definition) is 4. The Balaban J connectivity index is 1.84. The molecule has 3 rings (SSSR count). The maximum atomic E-state index is 13.4. The average Bonchev–Trinajstić information content (AvgIpc) is 3.10. The summed E-state index contributed by atoms with van der Waals surface area (Å²) in [4.78, 5) is 8.93. The van der Waals surface area contributed by atoms with Crippen molar-refractivity contribution in [1.82, 2.24) is 14.6 Å². The van der Waals surface area contributed by atoms with Gasteiger partial charge < -0.3 is 5.32 Å². The molecule has 0 saturated heterocycles. The second-order valence-electron chi connectivity index (χ2n) is 8.05. The van der Waals surface area contributed by atoms with Crippen molar-refractivity contribution in [3.8, 4) is 0 Å². The molecule has 0 aliphatic heterocycles. The van der Waals surface area contributed by atoms with E-state index in [1.54, 1.807) is 10.7 Å². The third-order valence-electron chi connectivity index (χ3n) is 5.33. The molecule has 0 atom stereocenters. The predicted octanol–water partition coefficient (Wildman–Crippen LogP) is 6.06. The Labute approximate surface area is 176 Å². The van der Waals surface area contributed by atoms with Crippen LogP contribution in [0.3, 0.4) is 0 Å². The van der Waals surface area contributed by atoms with Crippen molar-refractivity contribution in [2.24, 2.45) is 4.99 Å². The Morgan fingerprint density at radius 2 is 1.97 bits per heavy atom. The van der Waals surface area contributed by atoms with Gasteiger partial charge in [0.05, 0.1) is 11.7 Å². The van der Waals surface area contributed by atoms with Crippen LogP contribution >= 0.6 is 0 Å². The first-order valence-corrected chi connectivity index (χ1v) is 10.2. The van der Waals surface area contributed by atoms with Crippen molar-refractivity contribution in [2.75, 3.05) is 5.32 Å². The zero-order valence-electron chi connectivity index (χ0n) is 18.0. The molecule has 5 nitrogen and oxygen atoms in total. The Morgan fingerprint density at radius 1 is 1.27 bits per heavy atom. The van der Waals surface area contributed by atoms with Crippen molar-refractivity contribution < 1.29 is 8.78 Å². The van der Waals surface area contributed by atoms with E-state index in [2.05, 4.69) is 33.0 Å². The monoisotopic (exact) mass is 413 g/mol. The number of alkyl halides is 2. The number of nitrogens with one attached hydrogen (secondary N) is 1. The van der Waals surface area contributed by atoms with E-state index in [-0.39, 0.29) is 18.9 Å². The zero-order chi connectivity index (χ0) is 21.9. The highest BCUT2D eigenvalue weighted by molar-refractivity contribution is 5.85. The molecule has 2 heterocycles. The summed E-state index contributed by atoms with van der Waals surface area (Å²) in [5.74, 6) is -2.10. The second-order valence-corrected chi connectivity index (χ2v) is 8.05. The van der Waals surface area contributed by atoms with E-state index in [1.165, 1.54) is 0 Å². The molecule has 1 fully saturated rings. The quantitative estimate of drug-likeness (QED) is 0.462. The van der Waals surface area contributed by atoms with Gasteiger partial charge >= 0.3 is 0 Å². The first kappa shape index (κ1) is 21.9. The first-order chi connectivity index (χ1) is 14.2. The van der Waals surface area contributed by atoms with E-state index in [4.69, 9.17) is 0 Å². The number of nitrogens with zero attached hydrogens (tertiary/aromatic N) is 4. The van der Waals surface area contributed by atoms with Gasteiger partial charge in [-0.25, -0.2) is 18.3 Å². The summed E-state index contributed by atoms with van der Waals surface area (Å²) in [7, 11) is 0. The lowest BCUT2D eigenvalue weighted by Crippen LogP contribution is -2.32. The lowest BCUT2D eigenvalue weighted by atomic mass is 9.92. The van der Waals surface area contributed by atoms with Crippen LogP contribution in [-0.4, -0.2) is 32.3 Å². The van der Waals surface area contributed by atoms with Crippen LogP contribution in [0.5, 0.6) is 0 Å². The van der Waals surface area contributed by atoms with Gasteiger partial charge in [0.1, 0.15) is 0 Å². The van der Waals surface area contributed by atoms with Gasteiger partial charge in [0.15, 0.2) is 0 Å². The van der Waals surface area contributed by atoms with Gasteiger partial charge in [0.25, 0.3) is 0 Å². The predicted molar refractivity (Wildman–Crippen MR) is 119 cm³/mol. The van der Waals surface area contributed by atoms with Crippen LogP contribution < -0.4 is 5.32 Å². The van der Waals surface area contributed by atoms with Crippen molar-refractivity contribution in [3.63, 3.8) is 0 Å². The molecule has 2 aromatic rings. The SMILES string of the molecule is C=C/C(=C\C(C)=C(/C)N=C(C)C)c1ccn2nc(NC3CCC(F)(F)CC3)ncc12. The van der Waals surface area contributed by atoms with E-state index < -0.39 is 5.92 Å². The maximum absolute atomic E-state index is 13.4. The maximum Gasteiger partial charge on any atom is 0.248 e. The van der Waals surface area contributed by atoms with Gasteiger partial charge in [-0.2, -0.15) is 0 Å². The molecule has 1 N–H and O–H groups in total. The fourth-order valence-electron chi connectivity index (χ4n) is 3.59. The second kappa shape index (κ2) is 8.90. The van der Waals surface area contributed by atoms with E-state index in [9.17, 15) is 8.78 Å². The van der Waals surface area contributed by atoms with Gasteiger partial charge in [-0.05, 0) is 63.8 Å². The molecule has 2 aromatic heterocycles. The van der Waals surface area contributed by atoms with E-state index in [0.717, 1.165) is 33.6 Å². The molecule has 1 aliphatic carbocycles. The molecule has 0 aromatic carbocycles. The van der Waals surface area contributed by atoms with Gasteiger partial charge in [-0.3, -0.25) is 4.99 Å². The lowest BCUT2D eigenvalue weighted by molar-refractivity contribution is -0.0361. The lowest BCUT2D eigenvalue weighted by Gasteiger charge is -2.28. The fraction of sp³-hybridized carbons (Fsp3) is 0.435. The zero-order valence-corrected chi connectivity index (χ0v) is 18.0. The number of aromatic nitrogens is 3. The number of anilines is 1. The van der Waals surface area contributed by atoms with Gasteiger partial charge in [-0.1, -0.05) is 12.7 Å². The fourth-order valence-corrected chi connectivity index (χ4v) is 3.59. The summed E-state index contributed by atoms with van der Waals surface area (Å²) < 4.78 is 28.5. The minimum absolute atomic E-state index is 0.0286. The summed E-state index contributed by atoms with van der Waals surface area (Å²) in [5, 5.41) is 7.70. The molecule has 1 aliphatic rings. The Bertz CT molecular complexity index is 1020. The van der Waals surface area contributed by atoms with E-state index >= 15 is 0 Å². The number of rotatable bonds is 6. The third kappa shape index (κ3) is 5.20. The molecule has 0 amide bonds. The van der Waals surface area contributed by atoms with Gasteiger partial charge in [0.2, 0.25) is 11.9 Å². The number of aliphatic imine (C=N–C) groups is 1.